The Kier molecular flexibility index (Phi) is 2.85. The molecule has 15 heavy (non-hydrogen) atoms. The summed E-state index contributed by atoms with van der Waals surface area (Å²) in [6.45, 7) is 0.146. The summed E-state index contributed by atoms with van der Waals surface area (Å²) in [5, 5.41) is 9.88. The molecule has 1 heterocycles. The summed E-state index contributed by atoms with van der Waals surface area (Å²) in [4.78, 5) is 4.12. The van der Waals surface area contributed by atoms with Crippen molar-refractivity contribution in [3.63, 3.8) is 0 Å². The fraction of sp³-hybridized carbons (Fsp3) is 0.545. The Labute approximate surface area is 94.0 Å². The van der Waals surface area contributed by atoms with Crippen LogP contribution in [-0.4, -0.2) is 23.8 Å². The summed E-state index contributed by atoms with van der Waals surface area (Å²) >= 11 is 5.80. The zero-order valence-electron chi connectivity index (χ0n) is 8.66. The summed E-state index contributed by atoms with van der Waals surface area (Å²) in [6.07, 6.45) is 3.12. The van der Waals surface area contributed by atoms with E-state index in [1.807, 2.05) is 6.07 Å². The lowest BCUT2D eigenvalue weighted by Gasteiger charge is -2.41. The number of nitrogens with zero attached hydrogens (tertiary/aromatic N) is 1. The molecule has 1 N–H and O–H groups in total. The predicted octanol–water partition coefficient (Wildman–Crippen LogP) is 2.16. The molecule has 0 bridgehead atoms. The van der Waals surface area contributed by atoms with Gasteiger partial charge in [-0.15, -0.1) is 0 Å². The van der Waals surface area contributed by atoms with Crippen LogP contribution in [0.3, 0.4) is 0 Å². The van der Waals surface area contributed by atoms with Crippen LogP contribution in [0.5, 0.6) is 5.88 Å². The lowest BCUT2D eigenvalue weighted by atomic mass is 9.65. The molecule has 2 rings (SSSR count). The van der Waals surface area contributed by atoms with Crippen LogP contribution in [-0.2, 0) is 5.41 Å². The van der Waals surface area contributed by atoms with E-state index in [1.165, 1.54) is 0 Å². The van der Waals surface area contributed by atoms with E-state index in [9.17, 15) is 5.11 Å². The molecule has 0 radical (unpaired) electrons. The second-order valence-corrected chi connectivity index (χ2v) is 4.37. The van der Waals surface area contributed by atoms with E-state index in [2.05, 4.69) is 4.98 Å². The van der Waals surface area contributed by atoms with Crippen molar-refractivity contribution in [2.24, 2.45) is 0 Å². The molecule has 1 aliphatic carbocycles. The first-order chi connectivity index (χ1) is 7.22. The van der Waals surface area contributed by atoms with E-state index in [1.54, 1.807) is 13.2 Å². The number of aromatic nitrogens is 1. The Morgan fingerprint density at radius 1 is 1.53 bits per heavy atom. The molecule has 82 valence electrons. The number of hydrogen-bond donors (Lipinski definition) is 1. The van der Waals surface area contributed by atoms with Crippen molar-refractivity contribution in [1.82, 2.24) is 4.98 Å². The zero-order valence-corrected chi connectivity index (χ0v) is 9.42. The van der Waals surface area contributed by atoms with E-state index < -0.39 is 0 Å². The van der Waals surface area contributed by atoms with Crippen molar-refractivity contribution in [2.75, 3.05) is 13.7 Å². The number of aliphatic hydroxyl groups is 1. The summed E-state index contributed by atoms with van der Waals surface area (Å²) in [7, 11) is 1.58. The van der Waals surface area contributed by atoms with Crippen molar-refractivity contribution in [2.45, 2.75) is 24.7 Å². The average molecular weight is 228 g/mol. The van der Waals surface area contributed by atoms with Crippen LogP contribution >= 0.6 is 11.6 Å². The fourth-order valence-electron chi connectivity index (χ4n) is 2.09. The van der Waals surface area contributed by atoms with Gasteiger partial charge in [0.1, 0.15) is 5.15 Å². The van der Waals surface area contributed by atoms with Gasteiger partial charge < -0.3 is 9.84 Å². The second kappa shape index (κ2) is 3.99. The number of hydrogen-bond acceptors (Lipinski definition) is 3. The highest BCUT2D eigenvalue weighted by Crippen LogP contribution is 2.46. The van der Waals surface area contributed by atoms with Crippen LogP contribution in [0.2, 0.25) is 5.15 Å². The van der Waals surface area contributed by atoms with Crippen molar-refractivity contribution in [1.29, 1.82) is 0 Å². The first kappa shape index (κ1) is 10.7. The lowest BCUT2D eigenvalue weighted by Crippen LogP contribution is -2.38. The third-order valence-corrected chi connectivity index (χ3v) is 3.41. The van der Waals surface area contributed by atoms with Crippen LogP contribution in [0.25, 0.3) is 0 Å². The van der Waals surface area contributed by atoms with Gasteiger partial charge in [-0.2, -0.15) is 0 Å². The van der Waals surface area contributed by atoms with Gasteiger partial charge >= 0.3 is 0 Å². The van der Waals surface area contributed by atoms with Gasteiger partial charge in [-0.05, 0) is 25.0 Å². The smallest absolute Gasteiger partial charge is 0.218 e. The molecule has 0 saturated heterocycles. The normalized spacial score (nSPS) is 18.3. The minimum absolute atomic E-state index is 0.146. The van der Waals surface area contributed by atoms with E-state index in [0.29, 0.717) is 11.0 Å². The van der Waals surface area contributed by atoms with Gasteiger partial charge in [0.05, 0.1) is 13.7 Å². The molecule has 1 fully saturated rings. The molecule has 3 nitrogen and oxygen atoms in total. The summed E-state index contributed by atoms with van der Waals surface area (Å²) in [5.41, 5.74) is 0.825. The monoisotopic (exact) mass is 227 g/mol. The molecule has 0 atom stereocenters. The highest BCUT2D eigenvalue weighted by molar-refractivity contribution is 6.29. The van der Waals surface area contributed by atoms with Gasteiger partial charge in [-0.25, -0.2) is 4.98 Å². The molecule has 1 aromatic heterocycles. The first-order valence-electron chi connectivity index (χ1n) is 5.04. The van der Waals surface area contributed by atoms with Crippen molar-refractivity contribution < 1.29 is 9.84 Å². The zero-order chi connectivity index (χ0) is 10.9. The fourth-order valence-corrected chi connectivity index (χ4v) is 2.23. The topological polar surface area (TPSA) is 42.4 Å². The maximum atomic E-state index is 9.46. The third-order valence-electron chi connectivity index (χ3n) is 3.20. The summed E-state index contributed by atoms with van der Waals surface area (Å²) in [5.74, 6) is 0.538. The minimum Gasteiger partial charge on any atom is -0.481 e. The quantitative estimate of drug-likeness (QED) is 0.805. The largest absolute Gasteiger partial charge is 0.481 e. The van der Waals surface area contributed by atoms with E-state index >= 15 is 0 Å². The molecule has 1 aromatic rings. The van der Waals surface area contributed by atoms with Crippen LogP contribution in [0.4, 0.5) is 0 Å². The number of pyridine rings is 1. The van der Waals surface area contributed by atoms with Gasteiger partial charge in [0.25, 0.3) is 0 Å². The summed E-state index contributed by atoms with van der Waals surface area (Å²) < 4.78 is 5.20. The average Bonchev–Trinajstić information content (AvgIpc) is 2.19. The van der Waals surface area contributed by atoms with Gasteiger partial charge in [-0.1, -0.05) is 18.0 Å². The second-order valence-electron chi connectivity index (χ2n) is 3.98. The van der Waals surface area contributed by atoms with E-state index in [0.717, 1.165) is 24.8 Å². The Bertz CT molecular complexity index is 358. The van der Waals surface area contributed by atoms with Crippen LogP contribution in [0, 0.1) is 0 Å². The molecule has 1 aliphatic rings. The molecule has 0 aromatic carbocycles. The molecule has 4 heteroatoms. The van der Waals surface area contributed by atoms with Gasteiger partial charge in [0.15, 0.2) is 0 Å². The summed E-state index contributed by atoms with van der Waals surface area (Å²) in [6, 6.07) is 3.65. The number of rotatable bonds is 3. The Hall–Kier alpha value is -0.800. The number of halogens is 1. The standard InChI is InChI=1S/C11H14ClNO2/c1-15-10-8(3-4-9(12)13-10)11(7-14)5-2-6-11/h3-4,14H,2,5-7H2,1H3. The maximum Gasteiger partial charge on any atom is 0.218 e. The predicted molar refractivity (Wildman–Crippen MR) is 58.4 cm³/mol. The Morgan fingerprint density at radius 2 is 2.27 bits per heavy atom. The van der Waals surface area contributed by atoms with E-state index in [-0.39, 0.29) is 12.0 Å². The molecule has 1 saturated carbocycles. The van der Waals surface area contributed by atoms with Crippen molar-refractivity contribution in [3.05, 3.63) is 22.8 Å². The van der Waals surface area contributed by atoms with Gasteiger partial charge in [0.2, 0.25) is 5.88 Å². The van der Waals surface area contributed by atoms with Crippen molar-refractivity contribution in [3.8, 4) is 5.88 Å². The minimum atomic E-state index is -0.150. The van der Waals surface area contributed by atoms with E-state index in [4.69, 9.17) is 16.3 Å². The lowest BCUT2D eigenvalue weighted by molar-refractivity contribution is 0.116. The molecular weight excluding hydrogens is 214 g/mol. The van der Waals surface area contributed by atoms with Crippen LogP contribution < -0.4 is 4.74 Å². The SMILES string of the molecule is COc1nc(Cl)ccc1C1(CO)CCC1. The first-order valence-corrected chi connectivity index (χ1v) is 5.41. The van der Waals surface area contributed by atoms with Crippen LogP contribution in [0.1, 0.15) is 24.8 Å². The van der Waals surface area contributed by atoms with Gasteiger partial charge in [-0.3, -0.25) is 0 Å². The molecule has 0 amide bonds. The van der Waals surface area contributed by atoms with Crippen molar-refractivity contribution >= 4 is 11.6 Å². The Balaban J connectivity index is 2.42. The highest BCUT2D eigenvalue weighted by atomic mass is 35.5. The number of ether oxygens (including phenoxy) is 1. The number of methoxy groups -OCH3 is 1. The number of aliphatic hydroxyl groups excluding tert-OH is 1. The maximum absolute atomic E-state index is 9.46. The molecule has 0 unspecified atom stereocenters. The van der Waals surface area contributed by atoms with Crippen LogP contribution in [0.15, 0.2) is 12.1 Å². The third kappa shape index (κ3) is 1.70. The molecule has 0 aliphatic heterocycles. The van der Waals surface area contributed by atoms with Gasteiger partial charge in [0, 0.05) is 11.0 Å². The Morgan fingerprint density at radius 3 is 2.73 bits per heavy atom. The molecule has 0 spiro atoms. The highest BCUT2D eigenvalue weighted by Gasteiger charge is 2.40. The molecular formula is C11H14ClNO2.